The molecular formula is C14H15F4N3. The van der Waals surface area contributed by atoms with E-state index in [2.05, 4.69) is 10.4 Å². The summed E-state index contributed by atoms with van der Waals surface area (Å²) in [6.07, 6.45) is -3.18. The third-order valence-electron chi connectivity index (χ3n) is 2.86. The molecule has 3 nitrogen and oxygen atoms in total. The maximum Gasteiger partial charge on any atom is 0.419 e. The summed E-state index contributed by atoms with van der Waals surface area (Å²) in [5, 5.41) is 7.33. The molecule has 114 valence electrons. The molecule has 0 aliphatic heterocycles. The molecule has 0 saturated carbocycles. The van der Waals surface area contributed by atoms with Crippen LogP contribution in [0.2, 0.25) is 0 Å². The van der Waals surface area contributed by atoms with Crippen molar-refractivity contribution in [3.8, 4) is 5.69 Å². The molecule has 0 aliphatic rings. The lowest BCUT2D eigenvalue weighted by Gasteiger charge is -2.10. The molecule has 0 fully saturated rings. The second kappa shape index (κ2) is 5.85. The van der Waals surface area contributed by atoms with Crippen molar-refractivity contribution in [2.75, 3.05) is 0 Å². The summed E-state index contributed by atoms with van der Waals surface area (Å²) < 4.78 is 52.6. The molecule has 0 aliphatic carbocycles. The Bertz CT molecular complexity index is 617. The number of nitrogens with zero attached hydrogens (tertiary/aromatic N) is 2. The van der Waals surface area contributed by atoms with Crippen LogP contribution < -0.4 is 5.32 Å². The molecule has 1 aromatic carbocycles. The van der Waals surface area contributed by atoms with Crippen LogP contribution in [0, 0.1) is 5.82 Å². The topological polar surface area (TPSA) is 29.9 Å². The zero-order valence-electron chi connectivity index (χ0n) is 11.6. The Morgan fingerprint density at radius 2 is 1.95 bits per heavy atom. The summed E-state index contributed by atoms with van der Waals surface area (Å²) in [5.74, 6) is -1.29. The first-order valence-corrected chi connectivity index (χ1v) is 6.42. The van der Waals surface area contributed by atoms with Crippen molar-refractivity contribution >= 4 is 0 Å². The molecule has 0 atom stereocenters. The number of aromatic nitrogens is 2. The predicted molar refractivity (Wildman–Crippen MR) is 70.5 cm³/mol. The standard InChI is InChI=1S/C14H15F4N3/c1-9(2)19-8-10-5-6-21(20-10)11-3-4-13(15)12(7-11)14(16,17)18/h3-7,9,19H,8H2,1-2H3. The Morgan fingerprint density at radius 1 is 1.24 bits per heavy atom. The van der Waals surface area contributed by atoms with Crippen molar-refractivity contribution in [3.63, 3.8) is 0 Å². The van der Waals surface area contributed by atoms with Crippen LogP contribution in [0.25, 0.3) is 5.69 Å². The van der Waals surface area contributed by atoms with Gasteiger partial charge in [0.15, 0.2) is 0 Å². The van der Waals surface area contributed by atoms with E-state index in [1.54, 1.807) is 12.3 Å². The van der Waals surface area contributed by atoms with E-state index in [1.807, 2.05) is 13.8 Å². The van der Waals surface area contributed by atoms with Crippen LogP contribution in [0.5, 0.6) is 0 Å². The zero-order chi connectivity index (χ0) is 15.6. The van der Waals surface area contributed by atoms with Crippen molar-refractivity contribution < 1.29 is 17.6 Å². The second-order valence-corrected chi connectivity index (χ2v) is 4.95. The van der Waals surface area contributed by atoms with E-state index >= 15 is 0 Å². The second-order valence-electron chi connectivity index (χ2n) is 4.95. The molecule has 2 aromatic rings. The van der Waals surface area contributed by atoms with Gasteiger partial charge in [-0.25, -0.2) is 9.07 Å². The minimum atomic E-state index is -4.73. The van der Waals surface area contributed by atoms with Gasteiger partial charge in [0, 0.05) is 18.8 Å². The minimum Gasteiger partial charge on any atom is -0.309 e. The van der Waals surface area contributed by atoms with E-state index in [-0.39, 0.29) is 11.7 Å². The Kier molecular flexibility index (Phi) is 4.32. The summed E-state index contributed by atoms with van der Waals surface area (Å²) in [5.41, 5.74) is -0.432. The molecule has 1 heterocycles. The highest BCUT2D eigenvalue weighted by molar-refractivity contribution is 5.37. The molecular weight excluding hydrogens is 286 g/mol. The molecule has 0 spiro atoms. The highest BCUT2D eigenvalue weighted by atomic mass is 19.4. The highest BCUT2D eigenvalue weighted by Crippen LogP contribution is 2.32. The summed E-state index contributed by atoms with van der Waals surface area (Å²) in [6, 6.07) is 4.79. The summed E-state index contributed by atoms with van der Waals surface area (Å²) in [6.45, 7) is 4.47. The van der Waals surface area contributed by atoms with E-state index in [9.17, 15) is 17.6 Å². The molecule has 1 N–H and O–H groups in total. The summed E-state index contributed by atoms with van der Waals surface area (Å²) >= 11 is 0. The first kappa shape index (κ1) is 15.5. The van der Waals surface area contributed by atoms with Gasteiger partial charge in [-0.3, -0.25) is 0 Å². The Hall–Kier alpha value is -1.89. The van der Waals surface area contributed by atoms with Gasteiger partial charge in [0.25, 0.3) is 0 Å². The van der Waals surface area contributed by atoms with Crippen LogP contribution in [-0.4, -0.2) is 15.8 Å². The Morgan fingerprint density at radius 3 is 2.57 bits per heavy atom. The first-order chi connectivity index (χ1) is 9.77. The largest absolute Gasteiger partial charge is 0.419 e. The average molecular weight is 301 g/mol. The van der Waals surface area contributed by atoms with Crippen molar-refractivity contribution in [3.05, 3.63) is 47.5 Å². The lowest BCUT2D eigenvalue weighted by molar-refractivity contribution is -0.140. The number of nitrogens with one attached hydrogen (secondary N) is 1. The third-order valence-corrected chi connectivity index (χ3v) is 2.86. The maximum atomic E-state index is 13.2. The Labute approximate surface area is 119 Å². The average Bonchev–Trinajstić information content (AvgIpc) is 2.84. The molecule has 2 rings (SSSR count). The van der Waals surface area contributed by atoms with Crippen LogP contribution >= 0.6 is 0 Å². The molecule has 21 heavy (non-hydrogen) atoms. The summed E-state index contributed by atoms with van der Waals surface area (Å²) in [7, 11) is 0. The van der Waals surface area contributed by atoms with Crippen LogP contribution in [-0.2, 0) is 12.7 Å². The molecule has 0 amide bonds. The number of benzene rings is 1. The van der Waals surface area contributed by atoms with Gasteiger partial charge in [0.2, 0.25) is 0 Å². The SMILES string of the molecule is CC(C)NCc1ccn(-c2ccc(F)c(C(F)(F)F)c2)n1. The fraction of sp³-hybridized carbons (Fsp3) is 0.357. The molecule has 7 heteroatoms. The molecule has 0 radical (unpaired) electrons. The van der Waals surface area contributed by atoms with Crippen molar-refractivity contribution in [2.45, 2.75) is 32.6 Å². The molecule has 1 aromatic heterocycles. The molecule has 0 saturated heterocycles. The van der Waals surface area contributed by atoms with Gasteiger partial charge in [0.05, 0.1) is 16.9 Å². The smallest absolute Gasteiger partial charge is 0.309 e. The van der Waals surface area contributed by atoms with Gasteiger partial charge in [-0.05, 0) is 24.3 Å². The first-order valence-electron chi connectivity index (χ1n) is 6.42. The van der Waals surface area contributed by atoms with Crippen LogP contribution in [0.4, 0.5) is 17.6 Å². The van der Waals surface area contributed by atoms with Gasteiger partial charge < -0.3 is 5.32 Å². The highest BCUT2D eigenvalue weighted by Gasteiger charge is 2.34. The van der Waals surface area contributed by atoms with Gasteiger partial charge in [-0.2, -0.15) is 18.3 Å². The number of halogens is 4. The van der Waals surface area contributed by atoms with Crippen molar-refractivity contribution in [1.82, 2.24) is 15.1 Å². The normalized spacial score (nSPS) is 12.1. The Balaban J connectivity index is 2.26. The van der Waals surface area contributed by atoms with E-state index in [1.165, 1.54) is 10.7 Å². The van der Waals surface area contributed by atoms with Gasteiger partial charge >= 0.3 is 6.18 Å². The van der Waals surface area contributed by atoms with Gasteiger partial charge in [-0.1, -0.05) is 13.8 Å². The monoisotopic (exact) mass is 301 g/mol. The van der Waals surface area contributed by atoms with Gasteiger partial charge in [0.1, 0.15) is 5.82 Å². The predicted octanol–water partition coefficient (Wildman–Crippen LogP) is 3.53. The lowest BCUT2D eigenvalue weighted by Crippen LogP contribution is -2.22. The third kappa shape index (κ3) is 3.81. The van der Waals surface area contributed by atoms with Crippen LogP contribution in [0.3, 0.4) is 0 Å². The lowest BCUT2D eigenvalue weighted by atomic mass is 10.2. The minimum absolute atomic E-state index is 0.166. The van der Waals surface area contributed by atoms with Crippen molar-refractivity contribution in [2.24, 2.45) is 0 Å². The number of hydrogen-bond acceptors (Lipinski definition) is 2. The zero-order valence-corrected chi connectivity index (χ0v) is 11.6. The van der Waals surface area contributed by atoms with Crippen LogP contribution in [0.15, 0.2) is 30.5 Å². The summed E-state index contributed by atoms with van der Waals surface area (Å²) in [4.78, 5) is 0. The number of hydrogen-bond donors (Lipinski definition) is 1. The quantitative estimate of drug-likeness (QED) is 0.876. The fourth-order valence-electron chi connectivity index (χ4n) is 1.78. The van der Waals surface area contributed by atoms with E-state index in [0.29, 0.717) is 12.2 Å². The molecule has 0 unspecified atom stereocenters. The number of rotatable bonds is 4. The van der Waals surface area contributed by atoms with Crippen molar-refractivity contribution in [1.29, 1.82) is 0 Å². The van der Waals surface area contributed by atoms with E-state index in [0.717, 1.165) is 12.1 Å². The van der Waals surface area contributed by atoms with E-state index in [4.69, 9.17) is 0 Å². The van der Waals surface area contributed by atoms with Gasteiger partial charge in [-0.15, -0.1) is 0 Å². The molecule has 0 bridgehead atoms. The van der Waals surface area contributed by atoms with Crippen LogP contribution in [0.1, 0.15) is 25.1 Å². The maximum absolute atomic E-state index is 13.2. The fourth-order valence-corrected chi connectivity index (χ4v) is 1.78. The number of alkyl halides is 3. The van der Waals surface area contributed by atoms with E-state index < -0.39 is 17.6 Å².